The van der Waals surface area contributed by atoms with Gasteiger partial charge in [-0.3, -0.25) is 4.79 Å². The molecule has 0 bridgehead atoms. The lowest BCUT2D eigenvalue weighted by Crippen LogP contribution is -2.05. The molecule has 2 aromatic heterocycles. The van der Waals surface area contributed by atoms with Crippen molar-refractivity contribution in [2.75, 3.05) is 5.32 Å². The van der Waals surface area contributed by atoms with Crippen LogP contribution in [0.5, 0.6) is 0 Å². The molecule has 0 spiro atoms. The van der Waals surface area contributed by atoms with Crippen molar-refractivity contribution in [3.63, 3.8) is 0 Å². The van der Waals surface area contributed by atoms with Gasteiger partial charge in [-0.15, -0.1) is 0 Å². The van der Waals surface area contributed by atoms with E-state index in [-0.39, 0.29) is 5.91 Å². The Morgan fingerprint density at radius 3 is 2.42 bits per heavy atom. The van der Waals surface area contributed by atoms with E-state index in [2.05, 4.69) is 46.4 Å². The summed E-state index contributed by atoms with van der Waals surface area (Å²) < 4.78 is 2.16. The van der Waals surface area contributed by atoms with Crippen molar-refractivity contribution in [1.82, 2.24) is 14.8 Å². The largest absolute Gasteiger partial charge is 0.326 e. The molecule has 4 aromatic rings. The Morgan fingerprint density at radius 2 is 1.71 bits per heavy atom. The molecule has 5 nitrogen and oxygen atoms in total. The molecular formula is C26H24N4O. The van der Waals surface area contributed by atoms with Gasteiger partial charge in [0.15, 0.2) is 0 Å². The van der Waals surface area contributed by atoms with Crippen LogP contribution in [0, 0.1) is 0 Å². The van der Waals surface area contributed by atoms with Crippen LogP contribution in [-0.4, -0.2) is 20.7 Å². The Balaban J connectivity index is 1.30. The zero-order valence-electron chi connectivity index (χ0n) is 17.5. The number of hydrogen-bond donors (Lipinski definition) is 1. The number of amides is 1. The third kappa shape index (κ3) is 3.61. The molecule has 2 aliphatic carbocycles. The fourth-order valence-electron chi connectivity index (χ4n) is 4.21. The first kappa shape index (κ1) is 18.3. The number of benzene rings is 2. The maximum Gasteiger partial charge on any atom is 0.221 e. The first-order valence-electron chi connectivity index (χ1n) is 11.0. The van der Waals surface area contributed by atoms with Gasteiger partial charge in [0.25, 0.3) is 0 Å². The quantitative estimate of drug-likeness (QED) is 0.454. The van der Waals surface area contributed by atoms with Gasteiger partial charge in [0.2, 0.25) is 5.91 Å². The second kappa shape index (κ2) is 7.05. The predicted octanol–water partition coefficient (Wildman–Crippen LogP) is 5.80. The Labute approximate surface area is 181 Å². The first-order chi connectivity index (χ1) is 15.1. The second-order valence-electron chi connectivity index (χ2n) is 8.79. The van der Waals surface area contributed by atoms with E-state index < -0.39 is 0 Å². The fourth-order valence-corrected chi connectivity index (χ4v) is 4.21. The summed E-state index contributed by atoms with van der Waals surface area (Å²) in [7, 11) is 0. The van der Waals surface area contributed by atoms with Crippen LogP contribution in [0.15, 0.2) is 60.7 Å². The minimum absolute atomic E-state index is 0.0738. The Hall–Kier alpha value is -3.47. The van der Waals surface area contributed by atoms with Gasteiger partial charge < -0.3 is 5.32 Å². The first-order valence-corrected chi connectivity index (χ1v) is 11.0. The van der Waals surface area contributed by atoms with E-state index in [1.165, 1.54) is 44.0 Å². The van der Waals surface area contributed by atoms with E-state index in [1.807, 2.05) is 24.3 Å². The highest BCUT2D eigenvalue weighted by Gasteiger charge is 2.32. The van der Waals surface area contributed by atoms with Crippen LogP contribution in [0.1, 0.15) is 55.8 Å². The summed E-state index contributed by atoms with van der Waals surface area (Å²) in [6.45, 7) is 1.51. The molecule has 0 saturated heterocycles. The Kier molecular flexibility index (Phi) is 4.16. The fraction of sp³-hybridized carbons (Fsp3) is 0.269. The van der Waals surface area contributed by atoms with Crippen molar-refractivity contribution in [3.8, 4) is 16.9 Å². The van der Waals surface area contributed by atoms with Crippen molar-refractivity contribution in [2.24, 2.45) is 0 Å². The van der Waals surface area contributed by atoms with Gasteiger partial charge >= 0.3 is 0 Å². The van der Waals surface area contributed by atoms with Gasteiger partial charge in [-0.25, -0.2) is 9.67 Å². The smallest absolute Gasteiger partial charge is 0.221 e. The molecule has 0 unspecified atom stereocenters. The van der Waals surface area contributed by atoms with Gasteiger partial charge in [0.1, 0.15) is 0 Å². The number of fused-ring (bicyclic) bond motifs is 1. The number of rotatable bonds is 5. The second-order valence-corrected chi connectivity index (χ2v) is 8.79. The third-order valence-electron chi connectivity index (χ3n) is 6.16. The van der Waals surface area contributed by atoms with Crippen LogP contribution in [0.4, 0.5) is 5.69 Å². The molecule has 31 heavy (non-hydrogen) atoms. The standard InChI is InChI=1S/C26H24N4O/c1-16(31)27-21-9-13-24-20(14-21)8-12-23(28-24)17-6-10-22(11-7-17)30-26(19-4-5-19)15-25(29-30)18-2-3-18/h6-15,18-19H,2-5H2,1H3,(H,27,31). The predicted molar refractivity (Wildman–Crippen MR) is 123 cm³/mol. The summed E-state index contributed by atoms with van der Waals surface area (Å²) in [6.07, 6.45) is 5.11. The molecule has 0 aliphatic heterocycles. The van der Waals surface area contributed by atoms with Crippen molar-refractivity contribution >= 4 is 22.5 Å². The average molecular weight is 409 g/mol. The number of nitrogens with zero attached hydrogens (tertiary/aromatic N) is 3. The van der Waals surface area contributed by atoms with Crippen molar-refractivity contribution < 1.29 is 4.79 Å². The summed E-state index contributed by atoms with van der Waals surface area (Å²) in [4.78, 5) is 16.1. The third-order valence-corrected chi connectivity index (χ3v) is 6.16. The lowest BCUT2D eigenvalue weighted by Gasteiger charge is -2.09. The molecule has 2 heterocycles. The molecule has 1 N–H and O–H groups in total. The summed E-state index contributed by atoms with van der Waals surface area (Å²) >= 11 is 0. The Bertz CT molecular complexity index is 1300. The number of carbonyl (C=O) groups is 1. The van der Waals surface area contributed by atoms with Crippen LogP contribution in [0.2, 0.25) is 0 Å². The van der Waals surface area contributed by atoms with E-state index in [1.54, 1.807) is 0 Å². The lowest BCUT2D eigenvalue weighted by atomic mass is 10.1. The number of pyridine rings is 1. The lowest BCUT2D eigenvalue weighted by molar-refractivity contribution is -0.114. The van der Waals surface area contributed by atoms with Crippen molar-refractivity contribution in [2.45, 2.75) is 44.4 Å². The summed E-state index contributed by atoms with van der Waals surface area (Å²) in [5.74, 6) is 1.27. The summed E-state index contributed by atoms with van der Waals surface area (Å²) in [6, 6.07) is 20.8. The van der Waals surface area contributed by atoms with Crippen LogP contribution in [-0.2, 0) is 4.79 Å². The maximum atomic E-state index is 11.3. The van der Waals surface area contributed by atoms with Crippen LogP contribution in [0.3, 0.4) is 0 Å². The van der Waals surface area contributed by atoms with Gasteiger partial charge in [0.05, 0.1) is 22.6 Å². The minimum atomic E-state index is -0.0738. The molecule has 0 atom stereocenters. The van der Waals surface area contributed by atoms with Crippen LogP contribution in [0.25, 0.3) is 27.8 Å². The zero-order valence-corrected chi connectivity index (χ0v) is 17.5. The molecule has 5 heteroatoms. The van der Waals surface area contributed by atoms with E-state index in [0.29, 0.717) is 11.8 Å². The molecular weight excluding hydrogens is 384 g/mol. The molecule has 6 rings (SSSR count). The maximum absolute atomic E-state index is 11.3. The average Bonchev–Trinajstić information content (AvgIpc) is 3.71. The van der Waals surface area contributed by atoms with Crippen molar-refractivity contribution in [3.05, 3.63) is 72.1 Å². The number of aromatic nitrogens is 3. The highest BCUT2D eigenvalue weighted by atomic mass is 16.1. The van der Waals surface area contributed by atoms with Crippen LogP contribution >= 0.6 is 0 Å². The topological polar surface area (TPSA) is 59.8 Å². The van der Waals surface area contributed by atoms with E-state index in [0.717, 1.165) is 33.5 Å². The van der Waals surface area contributed by atoms with Gasteiger partial charge in [-0.1, -0.05) is 18.2 Å². The molecule has 154 valence electrons. The normalized spacial score (nSPS) is 15.9. The number of hydrogen-bond acceptors (Lipinski definition) is 3. The zero-order chi connectivity index (χ0) is 20.9. The SMILES string of the molecule is CC(=O)Nc1ccc2nc(-c3ccc(-n4nc(C5CC5)cc4C4CC4)cc3)ccc2c1. The molecule has 0 radical (unpaired) electrons. The van der Waals surface area contributed by atoms with Crippen molar-refractivity contribution in [1.29, 1.82) is 0 Å². The molecule has 2 saturated carbocycles. The van der Waals surface area contributed by atoms with E-state index in [4.69, 9.17) is 10.1 Å². The molecule has 1 amide bonds. The number of carbonyl (C=O) groups excluding carboxylic acids is 1. The summed E-state index contributed by atoms with van der Waals surface area (Å²) in [5, 5.41) is 8.77. The number of anilines is 1. The number of nitrogens with one attached hydrogen (secondary N) is 1. The van der Waals surface area contributed by atoms with Gasteiger partial charge in [-0.05, 0) is 68.1 Å². The van der Waals surface area contributed by atoms with E-state index in [9.17, 15) is 4.79 Å². The minimum Gasteiger partial charge on any atom is -0.326 e. The van der Waals surface area contributed by atoms with Gasteiger partial charge in [-0.2, -0.15) is 5.10 Å². The highest BCUT2D eigenvalue weighted by molar-refractivity contribution is 5.92. The molecule has 2 aliphatic rings. The Morgan fingerprint density at radius 1 is 0.935 bits per heavy atom. The van der Waals surface area contributed by atoms with E-state index >= 15 is 0 Å². The summed E-state index contributed by atoms with van der Waals surface area (Å²) in [5.41, 5.74) is 7.47. The van der Waals surface area contributed by atoms with Gasteiger partial charge in [0, 0.05) is 41.1 Å². The van der Waals surface area contributed by atoms with Crippen LogP contribution < -0.4 is 5.32 Å². The monoisotopic (exact) mass is 408 g/mol. The molecule has 2 fully saturated rings. The molecule has 2 aromatic carbocycles. The highest BCUT2D eigenvalue weighted by Crippen LogP contribution is 2.45.